The van der Waals surface area contributed by atoms with Crippen molar-refractivity contribution in [3.8, 4) is 0 Å². The molecule has 1 N–H and O–H groups in total. The Kier molecular flexibility index (Phi) is 5.58. The molecule has 3 aliphatic rings. The zero-order valence-electron chi connectivity index (χ0n) is 14.2. The normalized spacial score (nSPS) is 37.1. The second kappa shape index (κ2) is 7.43. The van der Waals surface area contributed by atoms with E-state index >= 15 is 0 Å². The molecule has 2 aliphatic heterocycles. The van der Waals surface area contributed by atoms with Crippen molar-refractivity contribution in [2.75, 3.05) is 39.8 Å². The fourth-order valence-electron chi connectivity index (χ4n) is 4.87. The van der Waals surface area contributed by atoms with Crippen LogP contribution in [0.5, 0.6) is 0 Å². The summed E-state index contributed by atoms with van der Waals surface area (Å²) < 4.78 is 0. The molecule has 0 amide bonds. The van der Waals surface area contributed by atoms with Gasteiger partial charge in [-0.15, -0.1) is 0 Å². The van der Waals surface area contributed by atoms with Crippen LogP contribution in [0.25, 0.3) is 0 Å². The maximum atomic E-state index is 3.90. The standard InChI is InChI=1S/C18H35N3/c1-3-17-11-19-18(16-7-5-4-6-8-16)14-21(17)13-15-9-10-20(2)12-15/h15-19H,3-14H2,1-2H3. The summed E-state index contributed by atoms with van der Waals surface area (Å²) in [6.45, 7) is 8.85. The zero-order valence-corrected chi connectivity index (χ0v) is 14.2. The summed E-state index contributed by atoms with van der Waals surface area (Å²) in [5.74, 6) is 1.86. The fourth-order valence-corrected chi connectivity index (χ4v) is 4.87. The Morgan fingerprint density at radius 3 is 2.52 bits per heavy atom. The highest BCUT2D eigenvalue weighted by atomic mass is 15.2. The van der Waals surface area contributed by atoms with Crippen LogP contribution in [0.15, 0.2) is 0 Å². The van der Waals surface area contributed by atoms with Gasteiger partial charge in [0.1, 0.15) is 0 Å². The molecular weight excluding hydrogens is 258 g/mol. The molecule has 0 bridgehead atoms. The maximum absolute atomic E-state index is 3.90. The molecule has 0 aromatic carbocycles. The minimum Gasteiger partial charge on any atom is -0.311 e. The fraction of sp³-hybridized carbons (Fsp3) is 1.00. The van der Waals surface area contributed by atoms with Crippen molar-refractivity contribution >= 4 is 0 Å². The maximum Gasteiger partial charge on any atom is 0.0224 e. The molecule has 3 unspecified atom stereocenters. The molecule has 3 atom stereocenters. The third kappa shape index (κ3) is 4.00. The van der Waals surface area contributed by atoms with E-state index in [0.717, 1.165) is 23.9 Å². The second-order valence-corrected chi connectivity index (χ2v) is 7.85. The van der Waals surface area contributed by atoms with E-state index in [1.165, 1.54) is 77.7 Å². The molecule has 0 aromatic heterocycles. The Morgan fingerprint density at radius 2 is 1.86 bits per heavy atom. The van der Waals surface area contributed by atoms with Gasteiger partial charge in [-0.1, -0.05) is 26.2 Å². The summed E-state index contributed by atoms with van der Waals surface area (Å²) in [6, 6.07) is 1.54. The number of piperazine rings is 1. The highest BCUT2D eigenvalue weighted by Gasteiger charge is 2.33. The predicted octanol–water partition coefficient (Wildman–Crippen LogP) is 2.57. The Morgan fingerprint density at radius 1 is 1.05 bits per heavy atom. The molecule has 0 radical (unpaired) electrons. The number of likely N-dealkylation sites (tertiary alicyclic amines) is 1. The van der Waals surface area contributed by atoms with Gasteiger partial charge in [0.25, 0.3) is 0 Å². The largest absolute Gasteiger partial charge is 0.311 e. The zero-order chi connectivity index (χ0) is 14.7. The van der Waals surface area contributed by atoms with Gasteiger partial charge in [0.05, 0.1) is 0 Å². The monoisotopic (exact) mass is 293 g/mol. The topological polar surface area (TPSA) is 18.5 Å². The van der Waals surface area contributed by atoms with Gasteiger partial charge in [0.2, 0.25) is 0 Å². The van der Waals surface area contributed by atoms with Gasteiger partial charge in [-0.05, 0) is 51.1 Å². The Hall–Kier alpha value is -0.120. The van der Waals surface area contributed by atoms with Crippen LogP contribution in [-0.2, 0) is 0 Å². The lowest BCUT2D eigenvalue weighted by molar-refractivity contribution is 0.0801. The van der Waals surface area contributed by atoms with Crippen LogP contribution >= 0.6 is 0 Å². The lowest BCUT2D eigenvalue weighted by Gasteiger charge is -2.44. The van der Waals surface area contributed by atoms with Crippen molar-refractivity contribution in [1.82, 2.24) is 15.1 Å². The molecule has 3 nitrogen and oxygen atoms in total. The molecule has 3 rings (SSSR count). The van der Waals surface area contributed by atoms with Gasteiger partial charge < -0.3 is 10.2 Å². The molecular formula is C18H35N3. The first-order chi connectivity index (χ1) is 10.3. The first kappa shape index (κ1) is 15.8. The van der Waals surface area contributed by atoms with Crippen molar-refractivity contribution in [2.24, 2.45) is 11.8 Å². The third-order valence-corrected chi connectivity index (χ3v) is 6.24. The molecule has 122 valence electrons. The summed E-state index contributed by atoms with van der Waals surface area (Å²) in [7, 11) is 2.28. The van der Waals surface area contributed by atoms with Crippen LogP contribution in [0.1, 0.15) is 51.9 Å². The first-order valence-electron chi connectivity index (χ1n) is 9.42. The summed E-state index contributed by atoms with van der Waals surface area (Å²) in [5.41, 5.74) is 0. The molecule has 3 heteroatoms. The minimum atomic E-state index is 0.771. The van der Waals surface area contributed by atoms with Gasteiger partial charge in [-0.25, -0.2) is 0 Å². The van der Waals surface area contributed by atoms with Crippen molar-refractivity contribution in [1.29, 1.82) is 0 Å². The molecule has 1 aliphatic carbocycles. The van der Waals surface area contributed by atoms with Gasteiger partial charge >= 0.3 is 0 Å². The molecule has 1 saturated carbocycles. The van der Waals surface area contributed by atoms with E-state index in [0.29, 0.717) is 0 Å². The van der Waals surface area contributed by atoms with Gasteiger partial charge in [-0.2, -0.15) is 0 Å². The lowest BCUT2D eigenvalue weighted by Crippen LogP contribution is -2.59. The molecule has 0 spiro atoms. The quantitative estimate of drug-likeness (QED) is 0.859. The average Bonchev–Trinajstić information content (AvgIpc) is 2.93. The van der Waals surface area contributed by atoms with Gasteiger partial charge in [0.15, 0.2) is 0 Å². The van der Waals surface area contributed by atoms with Gasteiger partial charge in [0, 0.05) is 38.3 Å². The Bertz CT molecular complexity index is 314. The van der Waals surface area contributed by atoms with Crippen LogP contribution in [0.4, 0.5) is 0 Å². The Balaban J connectivity index is 1.56. The first-order valence-corrected chi connectivity index (χ1v) is 9.42. The van der Waals surface area contributed by atoms with Crippen LogP contribution in [0.2, 0.25) is 0 Å². The van der Waals surface area contributed by atoms with Crippen LogP contribution in [0, 0.1) is 11.8 Å². The summed E-state index contributed by atoms with van der Waals surface area (Å²) in [5, 5.41) is 3.90. The highest BCUT2D eigenvalue weighted by molar-refractivity contribution is 4.91. The van der Waals surface area contributed by atoms with Crippen LogP contribution in [0.3, 0.4) is 0 Å². The van der Waals surface area contributed by atoms with E-state index in [1.807, 2.05) is 0 Å². The number of nitrogens with one attached hydrogen (secondary N) is 1. The van der Waals surface area contributed by atoms with Gasteiger partial charge in [-0.3, -0.25) is 4.90 Å². The summed E-state index contributed by atoms with van der Waals surface area (Å²) in [4.78, 5) is 5.35. The summed E-state index contributed by atoms with van der Waals surface area (Å²) in [6.07, 6.45) is 10.0. The van der Waals surface area contributed by atoms with E-state index in [2.05, 4.69) is 29.1 Å². The van der Waals surface area contributed by atoms with E-state index in [1.54, 1.807) is 0 Å². The molecule has 3 fully saturated rings. The smallest absolute Gasteiger partial charge is 0.0224 e. The molecule has 2 saturated heterocycles. The van der Waals surface area contributed by atoms with E-state index < -0.39 is 0 Å². The molecule has 2 heterocycles. The van der Waals surface area contributed by atoms with Crippen molar-refractivity contribution < 1.29 is 0 Å². The van der Waals surface area contributed by atoms with E-state index in [-0.39, 0.29) is 0 Å². The van der Waals surface area contributed by atoms with E-state index in [4.69, 9.17) is 0 Å². The summed E-state index contributed by atoms with van der Waals surface area (Å²) >= 11 is 0. The number of nitrogens with zero attached hydrogens (tertiary/aromatic N) is 2. The number of hydrogen-bond acceptors (Lipinski definition) is 3. The second-order valence-electron chi connectivity index (χ2n) is 7.85. The van der Waals surface area contributed by atoms with Crippen molar-refractivity contribution in [2.45, 2.75) is 64.0 Å². The van der Waals surface area contributed by atoms with E-state index in [9.17, 15) is 0 Å². The number of hydrogen-bond donors (Lipinski definition) is 1. The van der Waals surface area contributed by atoms with Crippen molar-refractivity contribution in [3.05, 3.63) is 0 Å². The Labute approximate surface area is 131 Å². The van der Waals surface area contributed by atoms with Crippen LogP contribution in [-0.4, -0.2) is 61.7 Å². The number of rotatable bonds is 4. The third-order valence-electron chi connectivity index (χ3n) is 6.24. The minimum absolute atomic E-state index is 0.771. The average molecular weight is 293 g/mol. The molecule has 0 aromatic rings. The lowest BCUT2D eigenvalue weighted by atomic mass is 9.82. The predicted molar refractivity (Wildman–Crippen MR) is 89.6 cm³/mol. The SMILES string of the molecule is CCC1CNC(C2CCCCC2)CN1CC1CCN(C)C1. The van der Waals surface area contributed by atoms with Crippen molar-refractivity contribution in [3.63, 3.8) is 0 Å². The van der Waals surface area contributed by atoms with Crippen LogP contribution < -0.4 is 5.32 Å². The highest BCUT2D eigenvalue weighted by Crippen LogP contribution is 2.29. The molecule has 21 heavy (non-hydrogen) atoms.